The fourth-order valence-electron chi connectivity index (χ4n) is 2.17. The summed E-state index contributed by atoms with van der Waals surface area (Å²) in [5.74, 6) is -0.710. The second-order valence-corrected chi connectivity index (χ2v) is 5.92. The summed E-state index contributed by atoms with van der Waals surface area (Å²) in [6.07, 6.45) is 1.72. The van der Waals surface area contributed by atoms with Gasteiger partial charge < -0.3 is 5.11 Å². The van der Waals surface area contributed by atoms with Gasteiger partial charge in [0.25, 0.3) is 0 Å². The second-order valence-electron chi connectivity index (χ2n) is 4.22. The van der Waals surface area contributed by atoms with Gasteiger partial charge in [-0.25, -0.2) is 0 Å². The largest absolute Gasteiger partial charge is 0.480 e. The Bertz CT molecular complexity index is 437. The van der Waals surface area contributed by atoms with E-state index in [-0.39, 0.29) is 6.04 Å². The number of carboxylic acids is 1. The lowest BCUT2D eigenvalue weighted by Crippen LogP contribution is -2.35. The highest BCUT2D eigenvalue weighted by atomic mass is 79.9. The third-order valence-electron chi connectivity index (χ3n) is 3.02. The molecule has 0 spiro atoms. The highest BCUT2D eigenvalue weighted by Gasteiger charge is 2.30. The van der Waals surface area contributed by atoms with Gasteiger partial charge in [0.2, 0.25) is 0 Å². The number of nitrogens with zero attached hydrogens (tertiary/aromatic N) is 1. The van der Waals surface area contributed by atoms with Gasteiger partial charge in [0, 0.05) is 15.5 Å². The van der Waals surface area contributed by atoms with Crippen molar-refractivity contribution in [3.05, 3.63) is 32.7 Å². The summed E-state index contributed by atoms with van der Waals surface area (Å²) in [4.78, 5) is 13.1. The van der Waals surface area contributed by atoms with Crippen LogP contribution in [0.15, 0.2) is 27.1 Å². The number of aliphatic carboxylic acids is 1. The molecule has 1 aromatic rings. The summed E-state index contributed by atoms with van der Waals surface area (Å²) < 4.78 is 2.01. The van der Waals surface area contributed by atoms with Gasteiger partial charge >= 0.3 is 5.97 Å². The van der Waals surface area contributed by atoms with Crippen molar-refractivity contribution < 1.29 is 9.90 Å². The van der Waals surface area contributed by atoms with Crippen molar-refractivity contribution in [2.75, 3.05) is 6.54 Å². The molecule has 1 N–H and O–H groups in total. The molecule has 1 aliphatic heterocycles. The maximum absolute atomic E-state index is 11.1. The molecule has 0 amide bonds. The molecular weight excluding hydrogens is 350 g/mol. The van der Waals surface area contributed by atoms with Crippen molar-refractivity contribution in [3.63, 3.8) is 0 Å². The van der Waals surface area contributed by atoms with Gasteiger partial charge in [-0.1, -0.05) is 6.07 Å². The van der Waals surface area contributed by atoms with Gasteiger partial charge in [0.15, 0.2) is 0 Å². The number of rotatable bonds is 3. The van der Waals surface area contributed by atoms with Crippen molar-refractivity contribution in [3.8, 4) is 0 Å². The van der Waals surface area contributed by atoms with Crippen LogP contribution < -0.4 is 0 Å². The highest BCUT2D eigenvalue weighted by molar-refractivity contribution is 9.13. The molecule has 0 bridgehead atoms. The first-order chi connectivity index (χ1) is 8.08. The molecule has 92 valence electrons. The van der Waals surface area contributed by atoms with E-state index in [1.165, 1.54) is 0 Å². The molecule has 1 heterocycles. The van der Waals surface area contributed by atoms with Gasteiger partial charge in [0.1, 0.15) is 6.04 Å². The number of carboxylic acid groups (broad SMARTS) is 1. The average molecular weight is 363 g/mol. The van der Waals surface area contributed by atoms with Crippen LogP contribution in [0.5, 0.6) is 0 Å². The molecule has 1 fully saturated rings. The lowest BCUT2D eigenvalue weighted by atomic mass is 10.2. The lowest BCUT2D eigenvalue weighted by molar-refractivity contribution is -0.142. The van der Waals surface area contributed by atoms with E-state index in [1.54, 1.807) is 0 Å². The van der Waals surface area contributed by atoms with E-state index < -0.39 is 5.97 Å². The minimum atomic E-state index is -0.710. The molecule has 0 radical (unpaired) electrons. The topological polar surface area (TPSA) is 40.5 Å². The van der Waals surface area contributed by atoms with Crippen LogP contribution in [0.3, 0.4) is 0 Å². The molecule has 3 nitrogen and oxygen atoms in total. The third kappa shape index (κ3) is 3.09. The van der Waals surface area contributed by atoms with Crippen molar-refractivity contribution in [1.82, 2.24) is 4.90 Å². The normalized spacial score (nSPS) is 20.7. The number of halogens is 2. The zero-order valence-corrected chi connectivity index (χ0v) is 12.4. The molecule has 2 rings (SSSR count). The Balaban J connectivity index is 2.09. The number of likely N-dealkylation sites (tertiary alicyclic amines) is 1. The molecule has 17 heavy (non-hydrogen) atoms. The molecule has 0 unspecified atom stereocenters. The van der Waals surface area contributed by atoms with E-state index in [4.69, 9.17) is 5.11 Å². The number of hydrogen-bond donors (Lipinski definition) is 1. The van der Waals surface area contributed by atoms with Crippen molar-refractivity contribution >= 4 is 37.8 Å². The van der Waals surface area contributed by atoms with Crippen LogP contribution in [-0.2, 0) is 11.3 Å². The monoisotopic (exact) mass is 361 g/mol. The number of carbonyl (C=O) groups is 1. The van der Waals surface area contributed by atoms with Gasteiger partial charge in [0.05, 0.1) is 0 Å². The molecular formula is C12H13Br2NO2. The standard InChI is InChI=1S/C12H13Br2NO2/c13-9-4-3-8(6-10(9)14)7-15-5-1-2-11(15)12(16)17/h3-4,6,11H,1-2,5,7H2,(H,16,17)/t11-/m0/s1. The predicted molar refractivity (Wildman–Crippen MR) is 72.9 cm³/mol. The van der Waals surface area contributed by atoms with E-state index >= 15 is 0 Å². The first kappa shape index (κ1) is 13.1. The molecule has 0 aliphatic carbocycles. The van der Waals surface area contributed by atoms with Gasteiger partial charge in [-0.15, -0.1) is 0 Å². The van der Waals surface area contributed by atoms with Gasteiger partial charge in [-0.2, -0.15) is 0 Å². The first-order valence-electron chi connectivity index (χ1n) is 5.48. The van der Waals surface area contributed by atoms with Crippen LogP contribution in [0.2, 0.25) is 0 Å². The van der Waals surface area contributed by atoms with Crippen LogP contribution in [0, 0.1) is 0 Å². The molecule has 0 saturated carbocycles. The Kier molecular flexibility index (Phi) is 4.22. The van der Waals surface area contributed by atoms with Gasteiger partial charge in [-0.3, -0.25) is 9.69 Å². The molecule has 1 atom stereocenters. The van der Waals surface area contributed by atoms with Crippen molar-refractivity contribution in [2.24, 2.45) is 0 Å². The van der Waals surface area contributed by atoms with E-state index in [0.29, 0.717) is 6.54 Å². The summed E-state index contributed by atoms with van der Waals surface area (Å²) >= 11 is 6.88. The Morgan fingerprint density at radius 3 is 2.82 bits per heavy atom. The minimum absolute atomic E-state index is 0.322. The average Bonchev–Trinajstić information content (AvgIpc) is 2.72. The summed E-state index contributed by atoms with van der Waals surface area (Å²) in [5.41, 5.74) is 1.13. The van der Waals surface area contributed by atoms with Crippen molar-refractivity contribution in [1.29, 1.82) is 0 Å². The van der Waals surface area contributed by atoms with Crippen LogP contribution in [0.25, 0.3) is 0 Å². The van der Waals surface area contributed by atoms with E-state index in [1.807, 2.05) is 23.1 Å². The van der Waals surface area contributed by atoms with Crippen LogP contribution >= 0.6 is 31.9 Å². The van der Waals surface area contributed by atoms with Crippen LogP contribution in [0.1, 0.15) is 18.4 Å². The third-order valence-corrected chi connectivity index (χ3v) is 4.90. The molecule has 5 heteroatoms. The van der Waals surface area contributed by atoms with E-state index in [0.717, 1.165) is 33.9 Å². The van der Waals surface area contributed by atoms with Gasteiger partial charge in [-0.05, 0) is 68.9 Å². The Labute approximate surface area is 117 Å². The Morgan fingerprint density at radius 1 is 1.41 bits per heavy atom. The number of hydrogen-bond acceptors (Lipinski definition) is 2. The Hall–Kier alpha value is -0.390. The zero-order valence-electron chi connectivity index (χ0n) is 9.20. The predicted octanol–water partition coefficient (Wildman–Crippen LogP) is 3.26. The lowest BCUT2D eigenvalue weighted by Gasteiger charge is -2.21. The van der Waals surface area contributed by atoms with E-state index in [9.17, 15) is 4.79 Å². The van der Waals surface area contributed by atoms with Crippen molar-refractivity contribution in [2.45, 2.75) is 25.4 Å². The molecule has 0 aromatic heterocycles. The minimum Gasteiger partial charge on any atom is -0.480 e. The van der Waals surface area contributed by atoms with Crippen LogP contribution in [0.4, 0.5) is 0 Å². The summed E-state index contributed by atoms with van der Waals surface area (Å²) in [6, 6.07) is 5.70. The fourth-order valence-corrected chi connectivity index (χ4v) is 2.84. The number of benzene rings is 1. The first-order valence-corrected chi connectivity index (χ1v) is 7.07. The highest BCUT2D eigenvalue weighted by Crippen LogP contribution is 2.26. The summed E-state index contributed by atoms with van der Waals surface area (Å²) in [7, 11) is 0. The maximum Gasteiger partial charge on any atom is 0.320 e. The van der Waals surface area contributed by atoms with Crippen LogP contribution in [-0.4, -0.2) is 28.6 Å². The SMILES string of the molecule is O=C(O)[C@@H]1CCCN1Cc1ccc(Br)c(Br)c1. The molecule has 1 saturated heterocycles. The van der Waals surface area contributed by atoms with E-state index in [2.05, 4.69) is 31.9 Å². The summed E-state index contributed by atoms with van der Waals surface area (Å²) in [6.45, 7) is 1.56. The quantitative estimate of drug-likeness (QED) is 0.897. The molecule has 1 aromatic carbocycles. The summed E-state index contributed by atoms with van der Waals surface area (Å²) in [5, 5.41) is 9.10. The molecule has 1 aliphatic rings. The zero-order chi connectivity index (χ0) is 12.4. The maximum atomic E-state index is 11.1. The second kappa shape index (κ2) is 5.50. The Morgan fingerprint density at radius 2 is 2.18 bits per heavy atom. The smallest absolute Gasteiger partial charge is 0.320 e. The fraction of sp³-hybridized carbons (Fsp3) is 0.417.